The molecular weight excluding hydrogens is 264 g/mol. The Balaban J connectivity index is 1.50. The van der Waals surface area contributed by atoms with Crippen molar-refractivity contribution in [3.8, 4) is 0 Å². The number of rotatable bonds is 3. The fourth-order valence-electron chi connectivity index (χ4n) is 4.04. The standard InChI is InChI=1S/C17H24N2O2/c1-2-4-16-14(3-1)13-15(17(16)20-11-12-21-17)5-8-19-9-6-18-7-10-19/h1-4,15,18H,5-13H2. The predicted molar refractivity (Wildman–Crippen MR) is 81.1 cm³/mol. The van der Waals surface area contributed by atoms with Crippen LogP contribution in [0.5, 0.6) is 0 Å². The van der Waals surface area contributed by atoms with Gasteiger partial charge in [-0.2, -0.15) is 0 Å². The summed E-state index contributed by atoms with van der Waals surface area (Å²) in [5.74, 6) is -0.00255. The van der Waals surface area contributed by atoms with E-state index in [1.54, 1.807) is 0 Å². The molecule has 4 heteroatoms. The SMILES string of the molecule is c1ccc2c(c1)CC(CCN1CCNCC1)C21OCCO1. The van der Waals surface area contributed by atoms with Gasteiger partial charge in [0.1, 0.15) is 0 Å². The van der Waals surface area contributed by atoms with E-state index in [-0.39, 0.29) is 0 Å². The van der Waals surface area contributed by atoms with E-state index in [0.717, 1.165) is 58.8 Å². The van der Waals surface area contributed by atoms with E-state index >= 15 is 0 Å². The first-order valence-electron chi connectivity index (χ1n) is 8.18. The third-order valence-corrected chi connectivity index (χ3v) is 5.12. The average molecular weight is 288 g/mol. The lowest BCUT2D eigenvalue weighted by Crippen LogP contribution is -2.45. The van der Waals surface area contributed by atoms with Crippen molar-refractivity contribution in [1.29, 1.82) is 0 Å². The largest absolute Gasteiger partial charge is 0.343 e. The summed E-state index contributed by atoms with van der Waals surface area (Å²) in [6, 6.07) is 8.64. The van der Waals surface area contributed by atoms with Gasteiger partial charge in [-0.15, -0.1) is 0 Å². The van der Waals surface area contributed by atoms with Gasteiger partial charge in [-0.3, -0.25) is 0 Å². The Morgan fingerprint density at radius 1 is 1.14 bits per heavy atom. The van der Waals surface area contributed by atoms with E-state index in [1.165, 1.54) is 11.1 Å². The molecule has 1 atom stereocenters. The van der Waals surface area contributed by atoms with Gasteiger partial charge in [0.25, 0.3) is 0 Å². The highest BCUT2D eigenvalue weighted by atomic mass is 16.7. The van der Waals surface area contributed by atoms with Crippen molar-refractivity contribution >= 4 is 0 Å². The Hall–Kier alpha value is -0.940. The highest BCUT2D eigenvalue weighted by Gasteiger charge is 2.51. The number of benzene rings is 1. The zero-order valence-electron chi connectivity index (χ0n) is 12.5. The van der Waals surface area contributed by atoms with E-state index in [0.29, 0.717) is 5.92 Å². The zero-order valence-corrected chi connectivity index (χ0v) is 12.5. The Bertz CT molecular complexity index is 493. The number of nitrogens with zero attached hydrogens (tertiary/aromatic N) is 1. The van der Waals surface area contributed by atoms with Gasteiger partial charge in [0.15, 0.2) is 5.79 Å². The van der Waals surface area contributed by atoms with Gasteiger partial charge < -0.3 is 19.7 Å². The van der Waals surface area contributed by atoms with Crippen LogP contribution in [0.1, 0.15) is 17.5 Å². The molecule has 4 nitrogen and oxygen atoms in total. The predicted octanol–water partition coefficient (Wildman–Crippen LogP) is 1.35. The van der Waals surface area contributed by atoms with E-state index in [4.69, 9.17) is 9.47 Å². The molecule has 1 aromatic rings. The molecule has 1 aliphatic carbocycles. The lowest BCUT2D eigenvalue weighted by Gasteiger charge is -2.33. The van der Waals surface area contributed by atoms with Crippen LogP contribution in [-0.2, 0) is 21.7 Å². The summed E-state index contributed by atoms with van der Waals surface area (Å²) in [5, 5.41) is 3.41. The molecule has 0 radical (unpaired) electrons. The number of piperazine rings is 1. The lowest BCUT2D eigenvalue weighted by molar-refractivity contribution is -0.198. The first kappa shape index (κ1) is 13.7. The van der Waals surface area contributed by atoms with Crippen LogP contribution in [-0.4, -0.2) is 50.8 Å². The molecule has 1 N–H and O–H groups in total. The normalized spacial score (nSPS) is 28.1. The van der Waals surface area contributed by atoms with Crippen LogP contribution < -0.4 is 5.32 Å². The smallest absolute Gasteiger partial charge is 0.198 e. The molecule has 0 aromatic heterocycles. The van der Waals surface area contributed by atoms with Crippen molar-refractivity contribution in [3.63, 3.8) is 0 Å². The van der Waals surface area contributed by atoms with Crippen molar-refractivity contribution in [2.24, 2.45) is 5.92 Å². The molecular formula is C17H24N2O2. The van der Waals surface area contributed by atoms with Crippen LogP contribution in [0.3, 0.4) is 0 Å². The second-order valence-electron chi connectivity index (χ2n) is 6.30. The molecule has 0 amide bonds. The quantitative estimate of drug-likeness (QED) is 0.910. The van der Waals surface area contributed by atoms with Crippen molar-refractivity contribution < 1.29 is 9.47 Å². The summed E-state index contributed by atoms with van der Waals surface area (Å²) in [5.41, 5.74) is 2.68. The summed E-state index contributed by atoms with van der Waals surface area (Å²) < 4.78 is 12.3. The minimum absolute atomic E-state index is 0.451. The summed E-state index contributed by atoms with van der Waals surface area (Å²) in [4.78, 5) is 2.56. The first-order chi connectivity index (χ1) is 10.4. The maximum absolute atomic E-state index is 6.13. The van der Waals surface area contributed by atoms with Crippen LogP contribution >= 0.6 is 0 Å². The minimum Gasteiger partial charge on any atom is -0.343 e. The number of hydrogen-bond acceptors (Lipinski definition) is 4. The summed E-state index contributed by atoms with van der Waals surface area (Å²) in [7, 11) is 0. The molecule has 0 saturated carbocycles. The molecule has 4 rings (SSSR count). The van der Waals surface area contributed by atoms with Crippen LogP contribution in [0.25, 0.3) is 0 Å². The molecule has 2 heterocycles. The van der Waals surface area contributed by atoms with Gasteiger partial charge in [0.2, 0.25) is 0 Å². The topological polar surface area (TPSA) is 33.7 Å². The van der Waals surface area contributed by atoms with Crippen molar-refractivity contribution in [2.75, 3.05) is 45.9 Å². The van der Waals surface area contributed by atoms with Gasteiger partial charge in [-0.25, -0.2) is 0 Å². The van der Waals surface area contributed by atoms with Crippen LogP contribution in [0.2, 0.25) is 0 Å². The number of ether oxygens (including phenoxy) is 2. The molecule has 21 heavy (non-hydrogen) atoms. The van der Waals surface area contributed by atoms with Gasteiger partial charge in [0, 0.05) is 37.7 Å². The number of fused-ring (bicyclic) bond motifs is 2. The maximum atomic E-state index is 6.13. The van der Waals surface area contributed by atoms with E-state index in [1.807, 2.05) is 0 Å². The summed E-state index contributed by atoms with van der Waals surface area (Å²) >= 11 is 0. The second-order valence-corrected chi connectivity index (χ2v) is 6.30. The molecule has 3 aliphatic rings. The third-order valence-electron chi connectivity index (χ3n) is 5.12. The Kier molecular flexibility index (Phi) is 3.71. The van der Waals surface area contributed by atoms with Crippen LogP contribution in [0.15, 0.2) is 24.3 Å². The van der Waals surface area contributed by atoms with Gasteiger partial charge in [-0.05, 0) is 24.9 Å². The van der Waals surface area contributed by atoms with Crippen molar-refractivity contribution in [2.45, 2.75) is 18.6 Å². The van der Waals surface area contributed by atoms with Crippen molar-refractivity contribution in [3.05, 3.63) is 35.4 Å². The maximum Gasteiger partial charge on any atom is 0.198 e. The van der Waals surface area contributed by atoms with Crippen LogP contribution in [0, 0.1) is 5.92 Å². The molecule has 2 fully saturated rings. The summed E-state index contributed by atoms with van der Waals surface area (Å²) in [6.45, 7) is 7.14. The fourth-order valence-corrected chi connectivity index (χ4v) is 4.04. The Morgan fingerprint density at radius 2 is 1.90 bits per heavy atom. The molecule has 114 valence electrons. The van der Waals surface area contributed by atoms with Crippen LogP contribution in [0.4, 0.5) is 0 Å². The molecule has 1 unspecified atom stereocenters. The Morgan fingerprint density at radius 3 is 2.71 bits per heavy atom. The third kappa shape index (κ3) is 2.40. The van der Waals surface area contributed by atoms with Gasteiger partial charge in [0.05, 0.1) is 13.2 Å². The molecule has 1 spiro atoms. The Labute approximate surface area is 126 Å². The van der Waals surface area contributed by atoms with E-state index < -0.39 is 5.79 Å². The second kappa shape index (κ2) is 5.69. The first-order valence-corrected chi connectivity index (χ1v) is 8.18. The van der Waals surface area contributed by atoms with Gasteiger partial charge in [-0.1, -0.05) is 24.3 Å². The fraction of sp³-hybridized carbons (Fsp3) is 0.647. The molecule has 2 aliphatic heterocycles. The number of nitrogens with one attached hydrogen (secondary N) is 1. The molecule has 0 bridgehead atoms. The molecule has 1 aromatic carbocycles. The van der Waals surface area contributed by atoms with Gasteiger partial charge >= 0.3 is 0 Å². The van der Waals surface area contributed by atoms with Crippen molar-refractivity contribution in [1.82, 2.24) is 10.2 Å². The average Bonchev–Trinajstić information content (AvgIpc) is 3.14. The summed E-state index contributed by atoms with van der Waals surface area (Å²) in [6.07, 6.45) is 2.23. The molecule has 2 saturated heterocycles. The highest BCUT2D eigenvalue weighted by Crippen LogP contribution is 2.48. The lowest BCUT2D eigenvalue weighted by atomic mass is 9.95. The monoisotopic (exact) mass is 288 g/mol. The van der Waals surface area contributed by atoms with E-state index in [9.17, 15) is 0 Å². The highest BCUT2D eigenvalue weighted by molar-refractivity contribution is 5.37. The minimum atomic E-state index is -0.454. The van der Waals surface area contributed by atoms with E-state index in [2.05, 4.69) is 34.5 Å². The number of hydrogen-bond donors (Lipinski definition) is 1. The zero-order chi connectivity index (χ0) is 14.1.